The highest BCUT2D eigenvalue weighted by molar-refractivity contribution is 9.10. The van der Waals surface area contributed by atoms with E-state index in [1.165, 1.54) is 12.1 Å². The molecular formula is C13H8BrF4N. The Kier molecular flexibility index (Phi) is 4.09. The second-order valence-electron chi connectivity index (χ2n) is 3.88. The van der Waals surface area contributed by atoms with Crippen molar-refractivity contribution in [3.63, 3.8) is 0 Å². The van der Waals surface area contributed by atoms with Crippen LogP contribution in [0.4, 0.5) is 23.2 Å². The van der Waals surface area contributed by atoms with Gasteiger partial charge in [0, 0.05) is 23.2 Å². The molecule has 0 aromatic heterocycles. The van der Waals surface area contributed by atoms with Gasteiger partial charge in [0.1, 0.15) is 17.3 Å². The quantitative estimate of drug-likeness (QED) is 0.808. The molecule has 0 aliphatic carbocycles. The van der Waals surface area contributed by atoms with E-state index < -0.39 is 29.0 Å². The molecule has 19 heavy (non-hydrogen) atoms. The fourth-order valence-electron chi connectivity index (χ4n) is 1.61. The van der Waals surface area contributed by atoms with Crippen LogP contribution in [-0.4, -0.2) is 0 Å². The molecule has 0 atom stereocenters. The highest BCUT2D eigenvalue weighted by atomic mass is 79.9. The van der Waals surface area contributed by atoms with E-state index in [1.54, 1.807) is 6.07 Å². The molecule has 1 nitrogen and oxygen atoms in total. The smallest absolute Gasteiger partial charge is 0.152 e. The first-order valence-electron chi connectivity index (χ1n) is 5.29. The molecule has 6 heteroatoms. The molecule has 2 aromatic carbocycles. The highest BCUT2D eigenvalue weighted by Crippen LogP contribution is 2.22. The first kappa shape index (κ1) is 13.9. The lowest BCUT2D eigenvalue weighted by molar-refractivity contribution is 0.547. The molecule has 1 N–H and O–H groups in total. The molecule has 0 spiro atoms. The van der Waals surface area contributed by atoms with Gasteiger partial charge in [0.2, 0.25) is 0 Å². The molecule has 0 bridgehead atoms. The molecule has 0 aliphatic rings. The second-order valence-corrected chi connectivity index (χ2v) is 4.79. The van der Waals surface area contributed by atoms with E-state index in [0.717, 1.165) is 0 Å². The summed E-state index contributed by atoms with van der Waals surface area (Å²) >= 11 is 3.11. The minimum Gasteiger partial charge on any atom is -0.376 e. The third kappa shape index (κ3) is 3.47. The Hall–Kier alpha value is -1.56. The van der Waals surface area contributed by atoms with Crippen molar-refractivity contribution in [1.29, 1.82) is 0 Å². The van der Waals surface area contributed by atoms with Crippen LogP contribution in [0.1, 0.15) is 5.56 Å². The van der Waals surface area contributed by atoms with Crippen LogP contribution in [-0.2, 0) is 6.54 Å². The molecular weight excluding hydrogens is 326 g/mol. The fourth-order valence-corrected chi connectivity index (χ4v) is 2.13. The zero-order chi connectivity index (χ0) is 14.0. The van der Waals surface area contributed by atoms with Crippen molar-refractivity contribution in [2.24, 2.45) is 0 Å². The van der Waals surface area contributed by atoms with Gasteiger partial charge in [-0.25, -0.2) is 17.6 Å². The lowest BCUT2D eigenvalue weighted by Crippen LogP contribution is -2.05. The van der Waals surface area contributed by atoms with E-state index in [9.17, 15) is 17.6 Å². The van der Waals surface area contributed by atoms with Gasteiger partial charge >= 0.3 is 0 Å². The highest BCUT2D eigenvalue weighted by Gasteiger charge is 2.11. The van der Waals surface area contributed by atoms with Crippen molar-refractivity contribution >= 4 is 21.6 Å². The van der Waals surface area contributed by atoms with Crippen LogP contribution in [0.3, 0.4) is 0 Å². The van der Waals surface area contributed by atoms with Crippen molar-refractivity contribution in [1.82, 2.24) is 0 Å². The molecule has 0 saturated carbocycles. The monoisotopic (exact) mass is 333 g/mol. The first-order chi connectivity index (χ1) is 8.95. The average Bonchev–Trinajstić information content (AvgIpc) is 2.25. The predicted molar refractivity (Wildman–Crippen MR) is 67.7 cm³/mol. The van der Waals surface area contributed by atoms with E-state index in [1.807, 2.05) is 0 Å². The van der Waals surface area contributed by atoms with Gasteiger partial charge in [-0.3, -0.25) is 0 Å². The van der Waals surface area contributed by atoms with Gasteiger partial charge < -0.3 is 5.32 Å². The van der Waals surface area contributed by atoms with Gasteiger partial charge in [0.15, 0.2) is 11.6 Å². The molecule has 0 saturated heterocycles. The van der Waals surface area contributed by atoms with E-state index in [-0.39, 0.29) is 6.54 Å². The van der Waals surface area contributed by atoms with Gasteiger partial charge in [0.25, 0.3) is 0 Å². The third-order valence-electron chi connectivity index (χ3n) is 2.40. The Bertz CT molecular complexity index is 572. The predicted octanol–water partition coefficient (Wildman–Crippen LogP) is 4.62. The molecule has 2 aromatic rings. The molecule has 0 amide bonds. The van der Waals surface area contributed by atoms with Crippen molar-refractivity contribution in [2.45, 2.75) is 6.54 Å². The van der Waals surface area contributed by atoms with Crippen LogP contribution in [0.5, 0.6) is 0 Å². The van der Waals surface area contributed by atoms with Crippen molar-refractivity contribution < 1.29 is 17.6 Å². The molecule has 0 fully saturated rings. The number of halogens is 5. The van der Waals surface area contributed by atoms with Gasteiger partial charge in [-0.05, 0) is 23.8 Å². The van der Waals surface area contributed by atoms with Crippen LogP contribution in [0, 0.1) is 23.3 Å². The topological polar surface area (TPSA) is 12.0 Å². The van der Waals surface area contributed by atoms with Crippen LogP contribution in [0.15, 0.2) is 34.8 Å². The average molecular weight is 334 g/mol. The van der Waals surface area contributed by atoms with E-state index >= 15 is 0 Å². The summed E-state index contributed by atoms with van der Waals surface area (Å²) in [5, 5.41) is 2.47. The Morgan fingerprint density at radius 2 is 1.42 bits per heavy atom. The maximum Gasteiger partial charge on any atom is 0.152 e. The zero-order valence-electron chi connectivity index (χ0n) is 9.48. The largest absolute Gasteiger partial charge is 0.376 e. The summed E-state index contributed by atoms with van der Waals surface area (Å²) < 4.78 is 53.0. The summed E-state index contributed by atoms with van der Waals surface area (Å²) in [6.45, 7) is 0.00975. The van der Waals surface area contributed by atoms with E-state index in [0.29, 0.717) is 22.2 Å². The first-order valence-corrected chi connectivity index (χ1v) is 6.08. The summed E-state index contributed by atoms with van der Waals surface area (Å²) in [6, 6.07) is 5.26. The number of anilines is 1. The maximum absolute atomic E-state index is 13.3. The lowest BCUT2D eigenvalue weighted by Gasteiger charge is -2.09. The lowest BCUT2D eigenvalue weighted by atomic mass is 10.2. The normalized spacial score (nSPS) is 10.6. The minimum absolute atomic E-state index is 0.00975. The van der Waals surface area contributed by atoms with E-state index in [2.05, 4.69) is 21.2 Å². The maximum atomic E-state index is 13.3. The molecule has 2 rings (SSSR count). The number of hydrogen-bond donors (Lipinski definition) is 1. The van der Waals surface area contributed by atoms with Crippen molar-refractivity contribution in [2.75, 3.05) is 5.32 Å². The number of rotatable bonds is 3. The fraction of sp³-hybridized carbons (Fsp3) is 0.0769. The van der Waals surface area contributed by atoms with Gasteiger partial charge in [0.05, 0.1) is 0 Å². The van der Waals surface area contributed by atoms with Crippen LogP contribution < -0.4 is 5.32 Å². The standard InChI is InChI=1S/C13H8BrF4N/c14-8-1-7(2-9(15)3-8)6-19-13-11(17)4-10(16)5-12(13)18/h1-5,19H,6H2. The summed E-state index contributed by atoms with van der Waals surface area (Å²) in [4.78, 5) is 0. The SMILES string of the molecule is Fc1cc(Br)cc(CNc2c(F)cc(F)cc2F)c1. The minimum atomic E-state index is -1.03. The second kappa shape index (κ2) is 5.61. The van der Waals surface area contributed by atoms with Gasteiger partial charge in [-0.2, -0.15) is 0 Å². The number of benzene rings is 2. The van der Waals surface area contributed by atoms with Crippen LogP contribution in [0.2, 0.25) is 0 Å². The molecule has 0 heterocycles. The Balaban J connectivity index is 2.19. The summed E-state index contributed by atoms with van der Waals surface area (Å²) in [5.41, 5.74) is 0.0526. The Morgan fingerprint density at radius 1 is 0.842 bits per heavy atom. The molecule has 100 valence electrons. The van der Waals surface area contributed by atoms with Gasteiger partial charge in [-0.15, -0.1) is 0 Å². The zero-order valence-corrected chi connectivity index (χ0v) is 11.1. The Morgan fingerprint density at radius 3 is 2.00 bits per heavy atom. The molecule has 0 unspecified atom stereocenters. The van der Waals surface area contributed by atoms with E-state index in [4.69, 9.17) is 0 Å². The third-order valence-corrected chi connectivity index (χ3v) is 2.86. The van der Waals surface area contributed by atoms with Crippen molar-refractivity contribution in [3.05, 3.63) is 63.6 Å². The summed E-state index contributed by atoms with van der Waals surface area (Å²) in [6.07, 6.45) is 0. The number of nitrogens with one attached hydrogen (secondary N) is 1. The molecule has 0 aliphatic heterocycles. The van der Waals surface area contributed by atoms with Gasteiger partial charge in [-0.1, -0.05) is 15.9 Å². The summed E-state index contributed by atoms with van der Waals surface area (Å²) in [5.74, 6) is -3.53. The number of hydrogen-bond acceptors (Lipinski definition) is 1. The van der Waals surface area contributed by atoms with Crippen LogP contribution >= 0.6 is 15.9 Å². The van der Waals surface area contributed by atoms with Crippen LogP contribution in [0.25, 0.3) is 0 Å². The summed E-state index contributed by atoms with van der Waals surface area (Å²) in [7, 11) is 0. The Labute approximate surface area is 115 Å². The molecule has 0 radical (unpaired) electrons. The van der Waals surface area contributed by atoms with Crippen molar-refractivity contribution in [3.8, 4) is 0 Å².